The largest absolute Gasteiger partial charge is 0.443 e. The van der Waals surface area contributed by atoms with Crippen molar-refractivity contribution in [3.63, 3.8) is 0 Å². The van der Waals surface area contributed by atoms with E-state index in [0.29, 0.717) is 17.9 Å². The van der Waals surface area contributed by atoms with Gasteiger partial charge in [0.1, 0.15) is 11.4 Å². The van der Waals surface area contributed by atoms with E-state index >= 15 is 0 Å². The highest BCUT2D eigenvalue weighted by Crippen LogP contribution is 2.25. The van der Waals surface area contributed by atoms with Crippen LogP contribution in [0.1, 0.15) is 27.7 Å². The van der Waals surface area contributed by atoms with Crippen molar-refractivity contribution < 1.29 is 13.9 Å². The molecular formula is C13H19FN2O2. The molecule has 0 unspecified atom stereocenters. The predicted octanol–water partition coefficient (Wildman–Crippen LogP) is 3.17. The second-order valence-corrected chi connectivity index (χ2v) is 4.93. The zero-order chi connectivity index (χ0) is 13.9. The third kappa shape index (κ3) is 3.61. The lowest BCUT2D eigenvalue weighted by Gasteiger charge is -2.27. The fourth-order valence-corrected chi connectivity index (χ4v) is 1.47. The Balaban J connectivity index is 3.02. The molecule has 100 valence electrons. The van der Waals surface area contributed by atoms with E-state index in [0.717, 1.165) is 0 Å². The Kier molecular flexibility index (Phi) is 4.16. The van der Waals surface area contributed by atoms with Gasteiger partial charge in [-0.15, -0.1) is 0 Å². The van der Waals surface area contributed by atoms with Crippen LogP contribution in [-0.2, 0) is 4.74 Å². The second kappa shape index (κ2) is 5.25. The molecule has 5 heteroatoms. The van der Waals surface area contributed by atoms with Crippen molar-refractivity contribution in [3.05, 3.63) is 24.0 Å². The summed E-state index contributed by atoms with van der Waals surface area (Å²) in [6.07, 6.45) is -0.540. The minimum atomic E-state index is -0.605. The van der Waals surface area contributed by atoms with Gasteiger partial charge in [0.25, 0.3) is 0 Å². The van der Waals surface area contributed by atoms with Crippen molar-refractivity contribution in [2.45, 2.75) is 33.3 Å². The summed E-state index contributed by atoms with van der Waals surface area (Å²) in [5, 5.41) is 0. The molecule has 0 spiro atoms. The predicted molar refractivity (Wildman–Crippen MR) is 70.1 cm³/mol. The van der Waals surface area contributed by atoms with Gasteiger partial charge in [0.15, 0.2) is 0 Å². The molecule has 0 aliphatic carbocycles. The van der Waals surface area contributed by atoms with Crippen molar-refractivity contribution in [2.75, 3.05) is 17.2 Å². The van der Waals surface area contributed by atoms with Crippen LogP contribution in [0.3, 0.4) is 0 Å². The van der Waals surface area contributed by atoms with Crippen LogP contribution in [0.25, 0.3) is 0 Å². The highest BCUT2D eigenvalue weighted by Gasteiger charge is 2.23. The van der Waals surface area contributed by atoms with Crippen LogP contribution in [0.15, 0.2) is 18.2 Å². The Morgan fingerprint density at radius 3 is 2.56 bits per heavy atom. The number of nitrogen functional groups attached to an aromatic ring is 1. The lowest BCUT2D eigenvalue weighted by molar-refractivity contribution is 0.0582. The van der Waals surface area contributed by atoms with E-state index in [2.05, 4.69) is 0 Å². The highest BCUT2D eigenvalue weighted by molar-refractivity contribution is 5.91. The van der Waals surface area contributed by atoms with Crippen LogP contribution < -0.4 is 10.6 Å². The van der Waals surface area contributed by atoms with Crippen molar-refractivity contribution in [1.29, 1.82) is 0 Å². The van der Waals surface area contributed by atoms with Crippen LogP contribution in [0.2, 0.25) is 0 Å². The molecule has 0 aromatic heterocycles. The van der Waals surface area contributed by atoms with E-state index in [9.17, 15) is 9.18 Å². The van der Waals surface area contributed by atoms with Gasteiger partial charge < -0.3 is 10.5 Å². The van der Waals surface area contributed by atoms with E-state index in [1.807, 2.05) is 0 Å². The molecule has 0 aliphatic rings. The van der Waals surface area contributed by atoms with E-state index in [1.54, 1.807) is 27.7 Å². The van der Waals surface area contributed by atoms with E-state index < -0.39 is 17.5 Å². The molecule has 1 rings (SSSR count). The monoisotopic (exact) mass is 254 g/mol. The van der Waals surface area contributed by atoms with Crippen LogP contribution >= 0.6 is 0 Å². The van der Waals surface area contributed by atoms with Gasteiger partial charge in [0, 0.05) is 6.54 Å². The summed E-state index contributed by atoms with van der Waals surface area (Å²) in [6.45, 7) is 7.44. The van der Waals surface area contributed by atoms with Gasteiger partial charge in [-0.1, -0.05) is 0 Å². The number of nitrogens with zero attached hydrogens (tertiary/aromatic N) is 1. The number of carbonyl (C=O) groups excluding carboxylic acids is 1. The molecule has 4 nitrogen and oxygen atoms in total. The number of nitrogens with two attached hydrogens (primary N) is 1. The number of hydrogen-bond donors (Lipinski definition) is 1. The summed E-state index contributed by atoms with van der Waals surface area (Å²) >= 11 is 0. The Morgan fingerprint density at radius 2 is 2.06 bits per heavy atom. The molecular weight excluding hydrogens is 235 g/mol. The Bertz CT molecular complexity index is 441. The number of anilines is 2. The molecule has 1 amide bonds. The Hall–Kier alpha value is -1.78. The average molecular weight is 254 g/mol. The van der Waals surface area contributed by atoms with Crippen LogP contribution in [0, 0.1) is 5.82 Å². The zero-order valence-corrected chi connectivity index (χ0v) is 11.2. The summed E-state index contributed by atoms with van der Waals surface area (Å²) in [5.74, 6) is -0.443. The van der Waals surface area contributed by atoms with Gasteiger partial charge in [-0.3, -0.25) is 4.90 Å². The molecule has 0 aliphatic heterocycles. The van der Waals surface area contributed by atoms with Crippen molar-refractivity contribution >= 4 is 17.5 Å². The maximum atomic E-state index is 13.2. The minimum absolute atomic E-state index is 0.326. The summed E-state index contributed by atoms with van der Waals surface area (Å²) < 4.78 is 18.5. The molecule has 1 aromatic carbocycles. The van der Waals surface area contributed by atoms with Gasteiger partial charge in [-0.25, -0.2) is 9.18 Å². The number of rotatable bonds is 2. The minimum Gasteiger partial charge on any atom is -0.443 e. The smallest absolute Gasteiger partial charge is 0.414 e. The van der Waals surface area contributed by atoms with E-state index in [1.165, 1.54) is 23.1 Å². The number of carbonyl (C=O) groups is 1. The molecule has 1 aromatic rings. The number of amides is 1. The molecule has 0 saturated heterocycles. The second-order valence-electron chi connectivity index (χ2n) is 4.93. The van der Waals surface area contributed by atoms with Crippen molar-refractivity contribution in [2.24, 2.45) is 0 Å². The van der Waals surface area contributed by atoms with Crippen molar-refractivity contribution in [1.82, 2.24) is 0 Å². The molecule has 0 bridgehead atoms. The first-order valence-corrected chi connectivity index (χ1v) is 5.80. The maximum Gasteiger partial charge on any atom is 0.414 e. The SMILES string of the molecule is CCN(C(=O)OC(C)(C)C)c1cc(F)ccc1N. The third-order valence-corrected chi connectivity index (χ3v) is 2.21. The van der Waals surface area contributed by atoms with E-state index in [4.69, 9.17) is 10.5 Å². The number of benzene rings is 1. The first-order valence-electron chi connectivity index (χ1n) is 5.80. The fourth-order valence-electron chi connectivity index (χ4n) is 1.47. The quantitative estimate of drug-likeness (QED) is 0.825. The topological polar surface area (TPSA) is 55.6 Å². The van der Waals surface area contributed by atoms with Crippen LogP contribution in [-0.4, -0.2) is 18.2 Å². The zero-order valence-electron chi connectivity index (χ0n) is 11.2. The molecule has 0 radical (unpaired) electrons. The summed E-state index contributed by atoms with van der Waals surface area (Å²) in [7, 11) is 0. The van der Waals surface area contributed by atoms with Crippen molar-refractivity contribution in [3.8, 4) is 0 Å². The van der Waals surface area contributed by atoms with Crippen LogP contribution in [0.5, 0.6) is 0 Å². The molecule has 2 N–H and O–H groups in total. The first kappa shape index (κ1) is 14.3. The maximum absolute atomic E-state index is 13.2. The molecule has 18 heavy (non-hydrogen) atoms. The van der Waals surface area contributed by atoms with E-state index in [-0.39, 0.29) is 0 Å². The molecule has 0 saturated carbocycles. The lowest BCUT2D eigenvalue weighted by atomic mass is 10.2. The fraction of sp³-hybridized carbons (Fsp3) is 0.462. The van der Waals surface area contributed by atoms with Gasteiger partial charge in [0.05, 0.1) is 11.4 Å². The Morgan fingerprint density at radius 1 is 1.44 bits per heavy atom. The molecule has 0 fully saturated rings. The molecule has 0 atom stereocenters. The number of ether oxygens (including phenoxy) is 1. The van der Waals surface area contributed by atoms with Gasteiger partial charge in [-0.2, -0.15) is 0 Å². The summed E-state index contributed by atoms with van der Waals surface area (Å²) in [6, 6.07) is 3.90. The van der Waals surface area contributed by atoms with Gasteiger partial charge in [-0.05, 0) is 45.9 Å². The standard InChI is InChI=1S/C13H19FN2O2/c1-5-16(12(17)18-13(2,3)4)11-8-9(14)6-7-10(11)15/h6-8H,5,15H2,1-4H3. The summed E-state index contributed by atoms with van der Waals surface area (Å²) in [5.41, 5.74) is 5.81. The first-order chi connectivity index (χ1) is 8.24. The van der Waals surface area contributed by atoms with Crippen LogP contribution in [0.4, 0.5) is 20.6 Å². The van der Waals surface area contributed by atoms with Gasteiger partial charge in [0.2, 0.25) is 0 Å². The third-order valence-electron chi connectivity index (χ3n) is 2.21. The molecule has 0 heterocycles. The highest BCUT2D eigenvalue weighted by atomic mass is 19.1. The summed E-state index contributed by atoms with van der Waals surface area (Å²) in [4.78, 5) is 13.3. The Labute approximate surface area is 107 Å². The number of halogens is 1. The normalized spacial score (nSPS) is 11.2. The average Bonchev–Trinajstić information content (AvgIpc) is 2.21. The lowest BCUT2D eigenvalue weighted by Crippen LogP contribution is -2.37. The van der Waals surface area contributed by atoms with Gasteiger partial charge >= 0.3 is 6.09 Å². The number of hydrogen-bond acceptors (Lipinski definition) is 3.